The molecule has 4 rings (SSSR count). The first-order chi connectivity index (χ1) is 14.0. The van der Waals surface area contributed by atoms with Crippen LogP contribution in [0.4, 0.5) is 5.69 Å². The van der Waals surface area contributed by atoms with E-state index in [0.717, 1.165) is 32.7 Å². The van der Waals surface area contributed by atoms with E-state index in [1.165, 1.54) is 5.56 Å². The summed E-state index contributed by atoms with van der Waals surface area (Å²) in [4.78, 5) is 9.82. The number of benzene rings is 2. The Labute approximate surface area is 196 Å². The number of ether oxygens (including phenoxy) is 2. The third-order valence-corrected chi connectivity index (χ3v) is 6.91. The third-order valence-electron chi connectivity index (χ3n) is 5.25. The molecule has 0 saturated carbocycles. The number of fused-ring (bicyclic) bond motifs is 1. The fourth-order valence-electron chi connectivity index (χ4n) is 3.65. The van der Waals surface area contributed by atoms with Crippen molar-refractivity contribution in [1.82, 2.24) is 9.80 Å². The minimum Gasteiger partial charge on any atom is -0.493 e. The molecule has 1 saturated heterocycles. The first-order valence-corrected chi connectivity index (χ1v) is 11.5. The van der Waals surface area contributed by atoms with Gasteiger partial charge in [0, 0.05) is 51.1 Å². The number of hydrogen-bond acceptors (Lipinski definition) is 7. The van der Waals surface area contributed by atoms with Crippen LogP contribution in [0.15, 0.2) is 56.7 Å². The summed E-state index contributed by atoms with van der Waals surface area (Å²) < 4.78 is 28.5. The Bertz CT molecular complexity index is 1050. The molecule has 2 aromatic carbocycles. The van der Waals surface area contributed by atoms with Crippen LogP contribution in [0.2, 0.25) is 0 Å². The lowest BCUT2D eigenvalue weighted by Crippen LogP contribution is -2.48. The highest BCUT2D eigenvalue weighted by Crippen LogP contribution is 2.39. The Kier molecular flexibility index (Phi) is 8.59. The van der Waals surface area contributed by atoms with Crippen LogP contribution in [0.5, 0.6) is 11.5 Å². The highest BCUT2D eigenvalue weighted by Gasteiger charge is 2.27. The lowest BCUT2D eigenvalue weighted by Gasteiger charge is -2.36. The van der Waals surface area contributed by atoms with Crippen LogP contribution in [0.3, 0.4) is 0 Å². The molecule has 0 radical (unpaired) electrons. The van der Waals surface area contributed by atoms with E-state index in [1.807, 2.05) is 6.07 Å². The number of piperazine rings is 1. The molecule has 2 heterocycles. The van der Waals surface area contributed by atoms with E-state index in [1.54, 1.807) is 32.6 Å². The zero-order valence-electron chi connectivity index (χ0n) is 17.8. The van der Waals surface area contributed by atoms with Crippen LogP contribution >= 0.6 is 24.8 Å². The topological polar surface area (TPSA) is 66.7 Å². The summed E-state index contributed by atoms with van der Waals surface area (Å²) >= 11 is 0. The molecule has 1 unspecified atom stereocenters. The second kappa shape index (κ2) is 10.5. The zero-order valence-corrected chi connectivity index (χ0v) is 20.3. The van der Waals surface area contributed by atoms with Crippen LogP contribution < -0.4 is 9.47 Å². The first kappa shape index (κ1) is 25.3. The highest BCUT2D eigenvalue weighted by atomic mass is 35.5. The van der Waals surface area contributed by atoms with Gasteiger partial charge in [0.05, 0.1) is 34.5 Å². The molecule has 1 fully saturated rings. The SMILES string of the molecule is COc1cc2c(cc1OC)S(C)(=O)=NC(N1CCN(Cc3ccccc3)CC1)=N2.Cl.Cl. The van der Waals surface area contributed by atoms with Crippen molar-refractivity contribution in [3.8, 4) is 11.5 Å². The summed E-state index contributed by atoms with van der Waals surface area (Å²) in [6.45, 7) is 4.35. The number of aliphatic imine (C=N–C) groups is 1. The van der Waals surface area contributed by atoms with Gasteiger partial charge < -0.3 is 14.4 Å². The lowest BCUT2D eigenvalue weighted by atomic mass is 10.2. The van der Waals surface area contributed by atoms with E-state index in [2.05, 4.69) is 38.4 Å². The van der Waals surface area contributed by atoms with Crippen LogP contribution in [-0.4, -0.2) is 66.6 Å². The van der Waals surface area contributed by atoms with Crippen molar-refractivity contribution in [2.75, 3.05) is 46.7 Å². The normalized spacial score (nSPS) is 20.4. The van der Waals surface area contributed by atoms with Gasteiger partial charge in [0.25, 0.3) is 0 Å². The van der Waals surface area contributed by atoms with E-state index < -0.39 is 9.73 Å². The molecule has 2 aliphatic rings. The van der Waals surface area contributed by atoms with Gasteiger partial charge >= 0.3 is 0 Å². The van der Waals surface area contributed by atoms with Crippen molar-refractivity contribution in [3.05, 3.63) is 48.0 Å². The minimum atomic E-state index is -2.61. The molecular formula is C21H28Cl2N4O3S. The monoisotopic (exact) mass is 486 g/mol. The van der Waals surface area contributed by atoms with E-state index in [0.29, 0.717) is 28.0 Å². The minimum absolute atomic E-state index is 0. The van der Waals surface area contributed by atoms with Crippen LogP contribution in [0.25, 0.3) is 0 Å². The van der Waals surface area contributed by atoms with Crippen molar-refractivity contribution in [2.24, 2.45) is 9.36 Å². The molecule has 0 bridgehead atoms. The third kappa shape index (κ3) is 5.44. The van der Waals surface area contributed by atoms with E-state index in [-0.39, 0.29) is 24.8 Å². The predicted molar refractivity (Wildman–Crippen MR) is 129 cm³/mol. The summed E-state index contributed by atoms with van der Waals surface area (Å²) in [5.74, 6) is 1.64. The summed E-state index contributed by atoms with van der Waals surface area (Å²) in [7, 11) is 0.535. The van der Waals surface area contributed by atoms with Crippen molar-refractivity contribution >= 4 is 46.2 Å². The maximum Gasteiger partial charge on any atom is 0.234 e. The second-order valence-electron chi connectivity index (χ2n) is 7.23. The summed E-state index contributed by atoms with van der Waals surface area (Å²) in [5.41, 5.74) is 1.94. The number of hydrogen-bond donors (Lipinski definition) is 0. The van der Waals surface area contributed by atoms with Crippen LogP contribution in [0, 0.1) is 0 Å². The van der Waals surface area contributed by atoms with Crippen molar-refractivity contribution in [1.29, 1.82) is 0 Å². The van der Waals surface area contributed by atoms with E-state index in [9.17, 15) is 4.21 Å². The largest absolute Gasteiger partial charge is 0.493 e. The fraction of sp³-hybridized carbons (Fsp3) is 0.381. The lowest BCUT2D eigenvalue weighted by molar-refractivity contribution is 0.174. The Morgan fingerprint density at radius 2 is 1.58 bits per heavy atom. The highest BCUT2D eigenvalue weighted by molar-refractivity contribution is 7.93. The maximum absolute atomic E-state index is 13.3. The Hall–Kier alpha value is -2.00. The first-order valence-electron chi connectivity index (χ1n) is 9.58. The standard InChI is InChI=1S/C21H26N4O3S.2ClH/c1-27-18-13-17-20(14-19(18)28-2)29(3,26)23-21(22-17)25-11-9-24(10-12-25)15-16-7-5-4-6-8-16;;/h4-8,13-14H,9-12,15H2,1-3H3;2*1H. The van der Waals surface area contributed by atoms with E-state index >= 15 is 0 Å². The molecule has 0 N–H and O–H groups in total. The molecule has 31 heavy (non-hydrogen) atoms. The van der Waals surface area contributed by atoms with Crippen molar-refractivity contribution in [2.45, 2.75) is 11.4 Å². The van der Waals surface area contributed by atoms with Gasteiger partial charge in [-0.2, -0.15) is 4.36 Å². The summed E-state index contributed by atoms with van der Waals surface area (Å²) in [5, 5.41) is 0. The smallest absolute Gasteiger partial charge is 0.234 e. The van der Waals surface area contributed by atoms with Gasteiger partial charge in [-0.1, -0.05) is 30.3 Å². The van der Waals surface area contributed by atoms with Gasteiger partial charge in [0.2, 0.25) is 5.96 Å². The molecule has 0 amide bonds. The van der Waals surface area contributed by atoms with Crippen molar-refractivity contribution < 1.29 is 13.7 Å². The number of nitrogens with zero attached hydrogens (tertiary/aromatic N) is 4. The fourth-order valence-corrected chi connectivity index (χ4v) is 5.03. The Balaban J connectivity index is 0.00000171. The molecule has 10 heteroatoms. The van der Waals surface area contributed by atoms with Gasteiger partial charge in [-0.05, 0) is 5.56 Å². The Morgan fingerprint density at radius 1 is 0.968 bits per heavy atom. The maximum atomic E-state index is 13.3. The quantitative estimate of drug-likeness (QED) is 0.656. The number of rotatable bonds is 4. The van der Waals surface area contributed by atoms with Gasteiger partial charge in [-0.25, -0.2) is 9.20 Å². The average Bonchev–Trinajstić information content (AvgIpc) is 2.73. The molecule has 2 aromatic rings. The molecule has 0 aliphatic carbocycles. The van der Waals surface area contributed by atoms with E-state index in [4.69, 9.17) is 14.5 Å². The zero-order chi connectivity index (χ0) is 20.4. The predicted octanol–water partition coefficient (Wildman–Crippen LogP) is 3.82. The van der Waals surface area contributed by atoms with Gasteiger partial charge in [0.15, 0.2) is 11.5 Å². The summed E-state index contributed by atoms with van der Waals surface area (Å²) in [6, 6.07) is 14.0. The summed E-state index contributed by atoms with van der Waals surface area (Å²) in [6.07, 6.45) is 1.65. The molecular weight excluding hydrogens is 459 g/mol. The number of halogens is 2. The molecule has 1 atom stereocenters. The van der Waals surface area contributed by atoms with Crippen LogP contribution in [-0.2, 0) is 16.3 Å². The number of methoxy groups -OCH3 is 2. The molecule has 7 nitrogen and oxygen atoms in total. The van der Waals surface area contributed by atoms with Crippen molar-refractivity contribution in [3.63, 3.8) is 0 Å². The van der Waals surface area contributed by atoms with Crippen LogP contribution in [0.1, 0.15) is 5.56 Å². The average molecular weight is 487 g/mol. The second-order valence-corrected chi connectivity index (χ2v) is 9.46. The molecule has 0 aromatic heterocycles. The van der Waals surface area contributed by atoms with Gasteiger partial charge in [0.1, 0.15) is 0 Å². The molecule has 170 valence electrons. The Morgan fingerprint density at radius 3 is 2.19 bits per heavy atom. The van der Waals surface area contributed by atoms with Gasteiger partial charge in [-0.15, -0.1) is 24.8 Å². The van der Waals surface area contributed by atoms with Gasteiger partial charge in [-0.3, -0.25) is 4.90 Å². The number of guanidine groups is 1. The molecule has 2 aliphatic heterocycles. The molecule has 0 spiro atoms.